The van der Waals surface area contributed by atoms with Crippen LogP contribution < -0.4 is 14.8 Å². The van der Waals surface area contributed by atoms with Crippen molar-refractivity contribution in [3.63, 3.8) is 0 Å². The van der Waals surface area contributed by atoms with Crippen LogP contribution in [0.1, 0.15) is 6.42 Å². The number of benzene rings is 2. The van der Waals surface area contributed by atoms with E-state index in [9.17, 15) is 4.79 Å². The van der Waals surface area contributed by atoms with E-state index in [4.69, 9.17) is 32.7 Å². The lowest BCUT2D eigenvalue weighted by atomic mass is 10.2. The fourth-order valence-electron chi connectivity index (χ4n) is 2.69. The summed E-state index contributed by atoms with van der Waals surface area (Å²) in [5.74, 6) is 1.40. The maximum Gasteiger partial charge on any atom is 0.225 e. The molecule has 1 aliphatic heterocycles. The minimum Gasteiger partial charge on any atom is -0.486 e. The molecule has 0 radical (unpaired) electrons. The van der Waals surface area contributed by atoms with Gasteiger partial charge >= 0.3 is 0 Å². The maximum absolute atomic E-state index is 12.1. The van der Waals surface area contributed by atoms with Gasteiger partial charge in [0.05, 0.1) is 10.7 Å². The van der Waals surface area contributed by atoms with Gasteiger partial charge in [-0.15, -0.1) is 0 Å². The molecule has 1 heterocycles. The Balaban J connectivity index is 1.45. The summed E-state index contributed by atoms with van der Waals surface area (Å²) in [6.45, 7) is 1.75. The van der Waals surface area contributed by atoms with Gasteiger partial charge in [-0.05, 0) is 37.4 Å². The van der Waals surface area contributed by atoms with Gasteiger partial charge in [-0.25, -0.2) is 0 Å². The number of fused-ring (bicyclic) bond motifs is 1. The van der Waals surface area contributed by atoms with Gasteiger partial charge in [-0.1, -0.05) is 35.3 Å². The third-order valence-electron chi connectivity index (χ3n) is 4.01. The first-order chi connectivity index (χ1) is 12.5. The molecule has 2 aromatic carbocycles. The molecule has 2 aromatic rings. The molecule has 1 aliphatic rings. The van der Waals surface area contributed by atoms with E-state index in [1.165, 1.54) is 0 Å². The van der Waals surface area contributed by atoms with Crippen molar-refractivity contribution in [2.45, 2.75) is 12.5 Å². The lowest BCUT2D eigenvalue weighted by molar-refractivity contribution is -0.116. The van der Waals surface area contributed by atoms with Gasteiger partial charge in [0, 0.05) is 24.5 Å². The Hall–Kier alpha value is -1.95. The lowest BCUT2D eigenvalue weighted by Crippen LogP contribution is -2.40. The van der Waals surface area contributed by atoms with Gasteiger partial charge in [0.25, 0.3) is 0 Å². The quantitative estimate of drug-likeness (QED) is 0.801. The fourth-order valence-corrected chi connectivity index (χ4v) is 3.03. The van der Waals surface area contributed by atoms with Crippen molar-refractivity contribution in [3.05, 3.63) is 52.5 Å². The smallest absolute Gasteiger partial charge is 0.225 e. The van der Waals surface area contributed by atoms with E-state index in [1.54, 1.807) is 18.2 Å². The number of rotatable bonds is 6. The largest absolute Gasteiger partial charge is 0.486 e. The molecule has 0 spiro atoms. The van der Waals surface area contributed by atoms with E-state index in [0.717, 1.165) is 11.5 Å². The molecule has 0 saturated carbocycles. The second-order valence-corrected chi connectivity index (χ2v) is 7.03. The highest BCUT2D eigenvalue weighted by Gasteiger charge is 2.22. The Morgan fingerprint density at radius 2 is 2.00 bits per heavy atom. The molecule has 3 rings (SSSR count). The first-order valence-corrected chi connectivity index (χ1v) is 9.09. The lowest BCUT2D eigenvalue weighted by Gasteiger charge is -2.29. The summed E-state index contributed by atoms with van der Waals surface area (Å²) in [5, 5.41) is 3.77. The molecule has 0 aliphatic carbocycles. The van der Waals surface area contributed by atoms with Crippen LogP contribution in [0.3, 0.4) is 0 Å². The summed E-state index contributed by atoms with van der Waals surface area (Å²) in [6, 6.07) is 12.6. The number of halogens is 2. The number of likely N-dealkylation sites (N-methyl/N-ethyl adjacent to an activating group) is 1. The number of amides is 1. The Kier molecular flexibility index (Phi) is 6.25. The highest BCUT2D eigenvalue weighted by molar-refractivity contribution is 6.35. The van der Waals surface area contributed by atoms with E-state index in [-0.39, 0.29) is 12.0 Å². The van der Waals surface area contributed by atoms with Crippen LogP contribution in [0, 0.1) is 0 Å². The van der Waals surface area contributed by atoms with Crippen molar-refractivity contribution in [1.82, 2.24) is 4.90 Å². The molecular formula is C19H20Cl2N2O3. The molecule has 0 saturated heterocycles. The van der Waals surface area contributed by atoms with Crippen LogP contribution in [0.15, 0.2) is 42.5 Å². The first kappa shape index (κ1) is 18.8. The number of hydrogen-bond donors (Lipinski definition) is 1. The molecule has 26 heavy (non-hydrogen) atoms. The summed E-state index contributed by atoms with van der Waals surface area (Å²) in [4.78, 5) is 14.2. The molecule has 0 bridgehead atoms. The molecule has 1 amide bonds. The van der Waals surface area contributed by atoms with E-state index in [2.05, 4.69) is 5.32 Å². The zero-order valence-corrected chi connectivity index (χ0v) is 15.9. The monoisotopic (exact) mass is 394 g/mol. The van der Waals surface area contributed by atoms with E-state index >= 15 is 0 Å². The highest BCUT2D eigenvalue weighted by atomic mass is 35.5. The van der Waals surface area contributed by atoms with Crippen LogP contribution >= 0.6 is 23.2 Å². The number of hydrogen-bond acceptors (Lipinski definition) is 4. The zero-order chi connectivity index (χ0) is 18.5. The molecule has 1 unspecified atom stereocenters. The van der Waals surface area contributed by atoms with Crippen molar-refractivity contribution in [3.8, 4) is 11.5 Å². The SMILES string of the molecule is CN(CCC(=O)Nc1cc(Cl)ccc1Cl)CC1COc2ccccc2O1. The van der Waals surface area contributed by atoms with Crippen molar-refractivity contribution in [1.29, 1.82) is 0 Å². The Bertz CT molecular complexity index is 785. The van der Waals surface area contributed by atoms with E-state index in [1.807, 2.05) is 36.2 Å². The molecule has 5 nitrogen and oxygen atoms in total. The molecule has 0 fully saturated rings. The van der Waals surface area contributed by atoms with Crippen LogP contribution in [0.25, 0.3) is 0 Å². The van der Waals surface area contributed by atoms with Gasteiger partial charge < -0.3 is 19.7 Å². The molecular weight excluding hydrogens is 375 g/mol. The molecule has 1 N–H and O–H groups in total. The van der Waals surface area contributed by atoms with Gasteiger partial charge in [-0.2, -0.15) is 0 Å². The van der Waals surface area contributed by atoms with Crippen LogP contribution in [-0.2, 0) is 4.79 Å². The minimum absolute atomic E-state index is 0.0691. The standard InChI is InChI=1S/C19H20Cl2N2O3/c1-23(11-14-12-25-17-4-2-3-5-18(17)26-14)9-8-19(24)22-16-10-13(20)6-7-15(16)21/h2-7,10,14H,8-9,11-12H2,1H3,(H,22,24). The molecule has 1 atom stereocenters. The fraction of sp³-hybridized carbons (Fsp3) is 0.316. The minimum atomic E-state index is -0.118. The predicted molar refractivity (Wildman–Crippen MR) is 104 cm³/mol. The van der Waals surface area contributed by atoms with Crippen LogP contribution in [0.2, 0.25) is 10.0 Å². The van der Waals surface area contributed by atoms with Crippen molar-refractivity contribution < 1.29 is 14.3 Å². The normalized spacial score (nSPS) is 15.8. The number of anilines is 1. The van der Waals surface area contributed by atoms with Crippen molar-refractivity contribution in [2.75, 3.05) is 32.1 Å². The summed E-state index contributed by atoms with van der Waals surface area (Å²) < 4.78 is 11.6. The van der Waals surface area contributed by atoms with E-state index in [0.29, 0.717) is 41.8 Å². The van der Waals surface area contributed by atoms with Crippen molar-refractivity contribution >= 4 is 34.8 Å². The zero-order valence-electron chi connectivity index (χ0n) is 14.4. The Morgan fingerprint density at radius 1 is 1.23 bits per heavy atom. The summed E-state index contributed by atoms with van der Waals surface area (Å²) in [6.07, 6.45) is 0.268. The summed E-state index contributed by atoms with van der Waals surface area (Å²) in [5.41, 5.74) is 0.521. The number of carbonyl (C=O) groups is 1. The number of nitrogens with zero attached hydrogens (tertiary/aromatic N) is 1. The number of para-hydroxylation sites is 2. The Labute approximate surface area is 162 Å². The van der Waals surface area contributed by atoms with Crippen LogP contribution in [0.4, 0.5) is 5.69 Å². The second-order valence-electron chi connectivity index (χ2n) is 6.18. The van der Waals surface area contributed by atoms with Crippen LogP contribution in [-0.4, -0.2) is 43.7 Å². The molecule has 7 heteroatoms. The third kappa shape index (κ3) is 5.04. The second kappa shape index (κ2) is 8.62. The van der Waals surface area contributed by atoms with Gasteiger partial charge in [0.1, 0.15) is 12.7 Å². The predicted octanol–water partition coefficient (Wildman–Crippen LogP) is 4.09. The average molecular weight is 395 g/mol. The topological polar surface area (TPSA) is 50.8 Å². The van der Waals surface area contributed by atoms with Gasteiger partial charge in [0.2, 0.25) is 5.91 Å². The summed E-state index contributed by atoms with van der Waals surface area (Å²) in [7, 11) is 1.95. The number of ether oxygens (including phenoxy) is 2. The van der Waals surface area contributed by atoms with Crippen LogP contribution in [0.5, 0.6) is 11.5 Å². The third-order valence-corrected chi connectivity index (χ3v) is 4.57. The molecule has 0 aromatic heterocycles. The van der Waals surface area contributed by atoms with E-state index < -0.39 is 0 Å². The first-order valence-electron chi connectivity index (χ1n) is 8.33. The van der Waals surface area contributed by atoms with Crippen molar-refractivity contribution in [2.24, 2.45) is 0 Å². The number of nitrogens with one attached hydrogen (secondary N) is 1. The summed E-state index contributed by atoms with van der Waals surface area (Å²) >= 11 is 12.0. The van der Waals surface area contributed by atoms with Gasteiger partial charge in [0.15, 0.2) is 11.5 Å². The molecule has 138 valence electrons. The maximum atomic E-state index is 12.1. The number of carbonyl (C=O) groups excluding carboxylic acids is 1. The highest BCUT2D eigenvalue weighted by Crippen LogP contribution is 2.31. The Morgan fingerprint density at radius 3 is 2.81 bits per heavy atom. The average Bonchev–Trinajstić information content (AvgIpc) is 2.63. The van der Waals surface area contributed by atoms with Gasteiger partial charge in [-0.3, -0.25) is 4.79 Å².